The van der Waals surface area contributed by atoms with E-state index in [9.17, 15) is 10.5 Å². The van der Waals surface area contributed by atoms with Gasteiger partial charge in [-0.3, -0.25) is 5.73 Å². The molecule has 0 aromatic rings. The zero-order valence-electron chi connectivity index (χ0n) is 11.5. The van der Waals surface area contributed by atoms with E-state index in [1.165, 1.54) is 0 Å². The summed E-state index contributed by atoms with van der Waals surface area (Å²) in [6.45, 7) is 6.30. The Bertz CT molecular complexity index is 498. The van der Waals surface area contributed by atoms with Crippen molar-refractivity contribution in [2.75, 3.05) is 13.2 Å². The Morgan fingerprint density at radius 3 is 2.11 bits per heavy atom. The molecule has 0 amide bonds. The summed E-state index contributed by atoms with van der Waals surface area (Å²) < 4.78 is 11.4. The Morgan fingerprint density at radius 2 is 1.79 bits per heavy atom. The predicted molar refractivity (Wildman–Crippen MR) is 66.0 cm³/mol. The molecule has 0 aromatic carbocycles. The minimum Gasteiger partial charge on any atom is -0.314 e. The third-order valence-corrected chi connectivity index (χ3v) is 4.28. The van der Waals surface area contributed by atoms with Gasteiger partial charge in [0.1, 0.15) is 0 Å². The summed E-state index contributed by atoms with van der Waals surface area (Å²) >= 11 is 0. The molecule has 0 saturated heterocycles. The molecule has 0 radical (unpaired) electrons. The van der Waals surface area contributed by atoms with E-state index < -0.39 is 16.7 Å². The van der Waals surface area contributed by atoms with Crippen LogP contribution in [0.1, 0.15) is 27.2 Å². The molecule has 1 heterocycles. The summed E-state index contributed by atoms with van der Waals surface area (Å²) in [5.74, 6) is -1.20. The number of rotatable bonds is 5. The molecule has 1 aliphatic carbocycles. The molecule has 0 aromatic heterocycles. The van der Waals surface area contributed by atoms with Crippen molar-refractivity contribution in [3.8, 4) is 12.1 Å². The van der Waals surface area contributed by atoms with Crippen molar-refractivity contribution in [1.29, 1.82) is 10.5 Å². The van der Waals surface area contributed by atoms with Gasteiger partial charge >= 0.3 is 5.91 Å². The molecule has 19 heavy (non-hydrogen) atoms. The van der Waals surface area contributed by atoms with Crippen molar-refractivity contribution >= 4 is 5.84 Å². The third-order valence-electron chi connectivity index (χ3n) is 4.28. The Morgan fingerprint density at radius 1 is 1.21 bits per heavy atom. The number of fused-ring (bicyclic) bond motifs is 1. The number of nitrogens with one attached hydrogen (secondary N) is 1. The highest BCUT2D eigenvalue weighted by Gasteiger charge is 2.96. The van der Waals surface area contributed by atoms with E-state index in [1.807, 2.05) is 20.8 Å². The van der Waals surface area contributed by atoms with Crippen LogP contribution in [0.25, 0.3) is 0 Å². The maximum atomic E-state index is 9.70. The summed E-state index contributed by atoms with van der Waals surface area (Å²) in [4.78, 5) is 2.92. The predicted octanol–water partition coefficient (Wildman–Crippen LogP) is -0.776. The van der Waals surface area contributed by atoms with Crippen LogP contribution in [-0.4, -0.2) is 25.0 Å². The monoisotopic (exact) mass is 263 g/mol. The highest BCUT2D eigenvalue weighted by Crippen LogP contribution is 2.75. The molecule has 0 bridgehead atoms. The van der Waals surface area contributed by atoms with E-state index >= 15 is 0 Å². The lowest BCUT2D eigenvalue weighted by Gasteiger charge is -2.29. The summed E-state index contributed by atoms with van der Waals surface area (Å²) in [6, 6.07) is 4.48. The zero-order valence-corrected chi connectivity index (χ0v) is 11.5. The van der Waals surface area contributed by atoms with Gasteiger partial charge in [0.25, 0.3) is 5.84 Å². The first kappa shape index (κ1) is 13.8. The van der Waals surface area contributed by atoms with E-state index in [2.05, 4.69) is 17.1 Å². The van der Waals surface area contributed by atoms with Crippen molar-refractivity contribution in [2.45, 2.75) is 33.1 Å². The number of hydrogen-bond donors (Lipinski definition) is 2. The summed E-state index contributed by atoms with van der Waals surface area (Å²) in [5, 5.41) is 19.3. The number of hydrogen-bond acceptors (Lipinski definition) is 5. The van der Waals surface area contributed by atoms with Crippen LogP contribution in [-0.2, 0) is 9.47 Å². The second kappa shape index (κ2) is 4.19. The highest BCUT2D eigenvalue weighted by atomic mass is 16.7. The van der Waals surface area contributed by atoms with Crippen molar-refractivity contribution in [1.82, 2.24) is 0 Å². The SMILES string of the molecule is CCOC1(OCC)[NH+]=C(N)[C@@]2(C#N)[C@H](CC)[C@@]12C#N. The average molecular weight is 263 g/mol. The second-order valence-corrected chi connectivity index (χ2v) is 4.82. The van der Waals surface area contributed by atoms with Gasteiger partial charge in [-0.15, -0.1) is 0 Å². The second-order valence-electron chi connectivity index (χ2n) is 4.82. The van der Waals surface area contributed by atoms with Gasteiger partial charge in [-0.2, -0.15) is 10.5 Å². The average Bonchev–Trinajstić information content (AvgIpc) is 2.96. The van der Waals surface area contributed by atoms with E-state index in [4.69, 9.17) is 15.2 Å². The van der Waals surface area contributed by atoms with Crippen LogP contribution in [0.5, 0.6) is 0 Å². The molecule has 2 rings (SSSR count). The molecule has 0 spiro atoms. The molecule has 1 fully saturated rings. The molecular formula is C13H19N4O2+. The lowest BCUT2D eigenvalue weighted by Crippen LogP contribution is -2.91. The normalized spacial score (nSPS) is 37.9. The Kier molecular flexibility index (Phi) is 3.04. The number of nitrogens with zero attached hydrogens (tertiary/aromatic N) is 2. The minimum atomic E-state index is -1.31. The topological polar surface area (TPSA) is 106 Å². The van der Waals surface area contributed by atoms with Gasteiger partial charge in [0.05, 0.1) is 25.4 Å². The molecule has 0 unspecified atom stereocenters. The molecule has 102 valence electrons. The van der Waals surface area contributed by atoms with E-state index in [0.29, 0.717) is 19.6 Å². The van der Waals surface area contributed by atoms with Crippen LogP contribution < -0.4 is 10.7 Å². The van der Waals surface area contributed by atoms with Gasteiger partial charge in [0.15, 0.2) is 10.8 Å². The fourth-order valence-corrected chi connectivity index (χ4v) is 3.64. The molecule has 1 saturated carbocycles. The molecule has 2 aliphatic rings. The minimum absolute atomic E-state index is 0.172. The fraction of sp³-hybridized carbons (Fsp3) is 0.769. The molecule has 1 aliphatic heterocycles. The summed E-state index contributed by atoms with van der Waals surface area (Å²) in [6.07, 6.45) is 0.672. The molecular weight excluding hydrogens is 244 g/mol. The molecule has 3 N–H and O–H groups in total. The van der Waals surface area contributed by atoms with Gasteiger partial charge in [-0.25, -0.2) is 4.99 Å². The van der Waals surface area contributed by atoms with Gasteiger partial charge < -0.3 is 9.47 Å². The van der Waals surface area contributed by atoms with Crippen molar-refractivity contribution in [2.24, 2.45) is 22.5 Å². The summed E-state index contributed by atoms with van der Waals surface area (Å²) in [7, 11) is 0. The van der Waals surface area contributed by atoms with Gasteiger partial charge in [0, 0.05) is 5.92 Å². The maximum Gasteiger partial charge on any atom is 0.342 e. The standard InChI is InChI=1S/C13H18N4O2/c1-4-9-11(7-14)10(16)17-13(18-5-2,19-6-3)12(9,11)8-15/h9H,4-6H2,1-3H3,(H2,16,17)/p+1/t9-,11+,12+/m0/s1. The first-order valence-electron chi connectivity index (χ1n) is 6.58. The van der Waals surface area contributed by atoms with Crippen molar-refractivity contribution < 1.29 is 14.5 Å². The van der Waals surface area contributed by atoms with E-state index in [1.54, 1.807) is 0 Å². The van der Waals surface area contributed by atoms with Crippen molar-refractivity contribution in [3.05, 3.63) is 0 Å². The van der Waals surface area contributed by atoms with Crippen LogP contribution in [0.3, 0.4) is 0 Å². The van der Waals surface area contributed by atoms with Gasteiger partial charge in [0.2, 0.25) is 0 Å². The van der Waals surface area contributed by atoms with Crippen molar-refractivity contribution in [3.63, 3.8) is 0 Å². The number of amidine groups is 1. The number of ether oxygens (including phenoxy) is 2. The highest BCUT2D eigenvalue weighted by molar-refractivity contribution is 5.93. The van der Waals surface area contributed by atoms with E-state index in [-0.39, 0.29) is 11.8 Å². The lowest BCUT2D eigenvalue weighted by atomic mass is 9.93. The van der Waals surface area contributed by atoms with Gasteiger partial charge in [-0.05, 0) is 20.3 Å². The number of nitriles is 2. The van der Waals surface area contributed by atoms with E-state index in [0.717, 1.165) is 0 Å². The first-order valence-corrected chi connectivity index (χ1v) is 6.58. The van der Waals surface area contributed by atoms with Gasteiger partial charge in [-0.1, -0.05) is 6.92 Å². The molecule has 6 heteroatoms. The smallest absolute Gasteiger partial charge is 0.314 e. The molecule has 3 atom stereocenters. The Balaban J connectivity index is 2.60. The lowest BCUT2D eigenvalue weighted by molar-refractivity contribution is -0.693. The Hall–Kier alpha value is -1.63. The number of nitrogens with two attached hydrogens (primary N) is 1. The largest absolute Gasteiger partial charge is 0.342 e. The zero-order chi connectivity index (χ0) is 14.3. The van der Waals surface area contributed by atoms with Crippen LogP contribution in [0, 0.1) is 39.4 Å². The first-order chi connectivity index (χ1) is 9.06. The van der Waals surface area contributed by atoms with Crippen LogP contribution in [0.15, 0.2) is 0 Å². The van der Waals surface area contributed by atoms with Crippen LogP contribution in [0.4, 0.5) is 0 Å². The fourth-order valence-electron chi connectivity index (χ4n) is 3.64. The van der Waals surface area contributed by atoms with Crippen LogP contribution in [0.2, 0.25) is 0 Å². The Labute approximate surface area is 112 Å². The third kappa shape index (κ3) is 1.19. The summed E-state index contributed by atoms with van der Waals surface area (Å²) in [5.41, 5.74) is 3.92. The maximum absolute atomic E-state index is 9.70. The molecule has 6 nitrogen and oxygen atoms in total. The van der Waals surface area contributed by atoms with Crippen LogP contribution >= 0.6 is 0 Å². The quantitative estimate of drug-likeness (QED) is 0.633.